The highest BCUT2D eigenvalue weighted by molar-refractivity contribution is 4.50. The first-order chi connectivity index (χ1) is 8.20. The number of hydrogen-bond acceptors (Lipinski definition) is 3. The van der Waals surface area contributed by atoms with E-state index in [1.165, 1.54) is 6.92 Å². The molecule has 2 N–H and O–H groups in total. The summed E-state index contributed by atoms with van der Waals surface area (Å²) < 4.78 is 5.55. The van der Waals surface area contributed by atoms with E-state index in [-0.39, 0.29) is 6.61 Å². The van der Waals surface area contributed by atoms with E-state index in [1.54, 1.807) is 0 Å². The van der Waals surface area contributed by atoms with Crippen LogP contribution in [0.2, 0.25) is 0 Å². The third kappa shape index (κ3) is 36.0. The molecule has 0 aromatic heterocycles. The lowest BCUT2D eigenvalue weighted by atomic mass is 10.3. The summed E-state index contributed by atoms with van der Waals surface area (Å²) in [6, 6.07) is 0. The van der Waals surface area contributed by atoms with Crippen LogP contribution in [0, 0.1) is 5.92 Å². The van der Waals surface area contributed by atoms with E-state index in [9.17, 15) is 0 Å². The molecule has 0 bridgehead atoms. The molecular formula is C15H36O3. The van der Waals surface area contributed by atoms with Crippen molar-refractivity contribution in [2.45, 2.75) is 86.5 Å². The fraction of sp³-hybridized carbons (Fsp3) is 1.00. The minimum absolute atomic E-state index is 0.139. The molecule has 0 rings (SSSR count). The van der Waals surface area contributed by atoms with E-state index in [1.807, 2.05) is 0 Å². The molecule has 0 radical (unpaired) electrons. The standard InChI is InChI=1S/C8H18O.C4H10.C3H8O2/c1-5-7(3)9-8(4)6-2;1-4(2)3;1-3(5)2-4/h7-8H,5-6H2,1-4H3;4H,1-3H3;3-5H,2H2,1H3. The normalized spacial score (nSPS) is 14.8. The number of ether oxygens (including phenoxy) is 1. The van der Waals surface area contributed by atoms with Crippen LogP contribution in [-0.2, 0) is 4.74 Å². The summed E-state index contributed by atoms with van der Waals surface area (Å²) in [5, 5.41) is 16.0. The number of aliphatic hydroxyl groups excluding tert-OH is 2. The monoisotopic (exact) mass is 264 g/mol. The SMILES string of the molecule is CC(C)C.CC(O)CO.CCC(C)OC(C)CC. The van der Waals surface area contributed by atoms with E-state index in [0.717, 1.165) is 18.8 Å². The van der Waals surface area contributed by atoms with Gasteiger partial charge in [0.1, 0.15) is 0 Å². The number of hydrogen-bond donors (Lipinski definition) is 2. The average molecular weight is 264 g/mol. The van der Waals surface area contributed by atoms with Gasteiger partial charge in [-0.1, -0.05) is 34.6 Å². The Balaban J connectivity index is -0.000000212. The molecule has 0 fully saturated rings. The van der Waals surface area contributed by atoms with Crippen molar-refractivity contribution in [1.29, 1.82) is 0 Å². The van der Waals surface area contributed by atoms with Gasteiger partial charge in [-0.25, -0.2) is 0 Å². The van der Waals surface area contributed by atoms with E-state index >= 15 is 0 Å². The van der Waals surface area contributed by atoms with Gasteiger partial charge in [0.2, 0.25) is 0 Å². The highest BCUT2D eigenvalue weighted by atomic mass is 16.5. The van der Waals surface area contributed by atoms with Crippen LogP contribution in [0.4, 0.5) is 0 Å². The highest BCUT2D eigenvalue weighted by Gasteiger charge is 2.02. The Hall–Kier alpha value is -0.120. The molecule has 0 aromatic rings. The van der Waals surface area contributed by atoms with Crippen LogP contribution in [0.3, 0.4) is 0 Å². The van der Waals surface area contributed by atoms with Gasteiger partial charge in [-0.2, -0.15) is 0 Å². The zero-order valence-electron chi connectivity index (χ0n) is 13.7. The van der Waals surface area contributed by atoms with Gasteiger partial charge >= 0.3 is 0 Å². The van der Waals surface area contributed by atoms with E-state index in [4.69, 9.17) is 14.9 Å². The van der Waals surface area contributed by atoms with Crippen molar-refractivity contribution < 1.29 is 14.9 Å². The molecule has 0 heterocycles. The summed E-state index contributed by atoms with van der Waals surface area (Å²) in [6.07, 6.45) is 2.53. The third-order valence-electron chi connectivity index (χ3n) is 1.88. The minimum atomic E-state index is -0.560. The molecular weight excluding hydrogens is 228 g/mol. The Bertz CT molecular complexity index is 125. The summed E-state index contributed by atoms with van der Waals surface area (Å²) in [7, 11) is 0. The van der Waals surface area contributed by atoms with E-state index in [2.05, 4.69) is 48.5 Å². The van der Waals surface area contributed by atoms with Crippen LogP contribution in [0.5, 0.6) is 0 Å². The van der Waals surface area contributed by atoms with Crippen molar-refractivity contribution in [2.75, 3.05) is 6.61 Å². The van der Waals surface area contributed by atoms with Crippen LogP contribution in [0.25, 0.3) is 0 Å². The first-order valence-corrected chi connectivity index (χ1v) is 7.15. The second-order valence-corrected chi connectivity index (χ2v) is 5.34. The first-order valence-electron chi connectivity index (χ1n) is 7.15. The zero-order chi connectivity index (χ0) is 15.1. The van der Waals surface area contributed by atoms with Crippen molar-refractivity contribution in [3.63, 3.8) is 0 Å². The van der Waals surface area contributed by atoms with Crippen LogP contribution in [-0.4, -0.2) is 35.1 Å². The molecule has 3 heteroatoms. The van der Waals surface area contributed by atoms with Crippen molar-refractivity contribution in [3.8, 4) is 0 Å². The Morgan fingerprint density at radius 3 is 1.17 bits per heavy atom. The molecule has 0 aliphatic heterocycles. The van der Waals surface area contributed by atoms with Gasteiger partial charge in [0.15, 0.2) is 0 Å². The molecule has 114 valence electrons. The summed E-state index contributed by atoms with van der Waals surface area (Å²) in [6.45, 7) is 16.4. The van der Waals surface area contributed by atoms with Crippen molar-refractivity contribution in [3.05, 3.63) is 0 Å². The molecule has 3 atom stereocenters. The van der Waals surface area contributed by atoms with Crippen LogP contribution < -0.4 is 0 Å². The van der Waals surface area contributed by atoms with Crippen molar-refractivity contribution in [2.24, 2.45) is 5.92 Å². The lowest BCUT2D eigenvalue weighted by Gasteiger charge is -2.15. The fourth-order valence-corrected chi connectivity index (χ4v) is 0.589. The van der Waals surface area contributed by atoms with Gasteiger partial charge in [-0.3, -0.25) is 0 Å². The Morgan fingerprint density at radius 1 is 0.833 bits per heavy atom. The molecule has 0 amide bonds. The van der Waals surface area contributed by atoms with Gasteiger partial charge in [-0.05, 0) is 39.5 Å². The lowest BCUT2D eigenvalue weighted by Crippen LogP contribution is -2.14. The quantitative estimate of drug-likeness (QED) is 0.797. The van der Waals surface area contributed by atoms with Crippen LogP contribution >= 0.6 is 0 Å². The number of rotatable bonds is 5. The average Bonchev–Trinajstić information content (AvgIpc) is 2.28. The maximum atomic E-state index is 8.11. The maximum absolute atomic E-state index is 8.11. The van der Waals surface area contributed by atoms with Gasteiger partial charge in [0, 0.05) is 0 Å². The Labute approximate surface area is 115 Å². The second-order valence-electron chi connectivity index (χ2n) is 5.34. The predicted octanol–water partition coefficient (Wildman–Crippen LogP) is 3.62. The molecule has 3 unspecified atom stereocenters. The largest absolute Gasteiger partial charge is 0.394 e. The van der Waals surface area contributed by atoms with Crippen LogP contribution in [0.15, 0.2) is 0 Å². The van der Waals surface area contributed by atoms with Crippen molar-refractivity contribution in [1.82, 2.24) is 0 Å². The van der Waals surface area contributed by atoms with Gasteiger partial charge in [0.05, 0.1) is 24.9 Å². The second kappa shape index (κ2) is 16.9. The van der Waals surface area contributed by atoms with Gasteiger partial charge < -0.3 is 14.9 Å². The van der Waals surface area contributed by atoms with E-state index < -0.39 is 6.10 Å². The van der Waals surface area contributed by atoms with E-state index in [0.29, 0.717) is 12.2 Å². The fourth-order valence-electron chi connectivity index (χ4n) is 0.589. The summed E-state index contributed by atoms with van der Waals surface area (Å²) in [5.41, 5.74) is 0. The Morgan fingerprint density at radius 2 is 1.06 bits per heavy atom. The topological polar surface area (TPSA) is 49.7 Å². The van der Waals surface area contributed by atoms with Gasteiger partial charge in [0.25, 0.3) is 0 Å². The number of aliphatic hydroxyl groups is 2. The highest BCUT2D eigenvalue weighted by Crippen LogP contribution is 2.03. The van der Waals surface area contributed by atoms with Gasteiger partial charge in [-0.15, -0.1) is 0 Å². The molecule has 0 saturated carbocycles. The van der Waals surface area contributed by atoms with Crippen LogP contribution in [0.1, 0.15) is 68.2 Å². The van der Waals surface area contributed by atoms with Crippen molar-refractivity contribution >= 4 is 0 Å². The predicted molar refractivity (Wildman–Crippen MR) is 79.9 cm³/mol. The smallest absolute Gasteiger partial charge is 0.0742 e. The summed E-state index contributed by atoms with van der Waals surface area (Å²) >= 11 is 0. The maximum Gasteiger partial charge on any atom is 0.0742 e. The summed E-state index contributed by atoms with van der Waals surface area (Å²) in [5.74, 6) is 0.833. The molecule has 18 heavy (non-hydrogen) atoms. The third-order valence-corrected chi connectivity index (χ3v) is 1.88. The first kappa shape index (κ1) is 23.0. The lowest BCUT2D eigenvalue weighted by molar-refractivity contribution is 0.00511. The molecule has 0 aliphatic carbocycles. The molecule has 0 aliphatic rings. The summed E-state index contributed by atoms with van der Waals surface area (Å²) in [4.78, 5) is 0. The molecule has 0 aromatic carbocycles. The molecule has 0 saturated heterocycles. The Kier molecular flexibility index (Phi) is 21.6. The molecule has 0 spiro atoms. The molecule has 3 nitrogen and oxygen atoms in total. The zero-order valence-corrected chi connectivity index (χ0v) is 13.7. The minimum Gasteiger partial charge on any atom is -0.394 e.